The van der Waals surface area contributed by atoms with Crippen LogP contribution in [0.4, 0.5) is 0 Å². The summed E-state index contributed by atoms with van der Waals surface area (Å²) in [6, 6.07) is 6.51. The minimum atomic E-state index is 0.0531. The fraction of sp³-hybridized carbons (Fsp3) is 0.667. The van der Waals surface area contributed by atoms with Gasteiger partial charge in [-0.3, -0.25) is 9.69 Å². The largest absolute Gasteiger partial charge is 0.493 e. The number of hydrogen-bond donors (Lipinski definition) is 1. The molecule has 5 nitrogen and oxygen atoms in total. The second-order valence-electron chi connectivity index (χ2n) is 7.60. The zero-order valence-corrected chi connectivity index (χ0v) is 16.7. The lowest BCUT2D eigenvalue weighted by Crippen LogP contribution is -2.49. The maximum absolute atomic E-state index is 12.2. The number of hydrogen-bond acceptors (Lipinski definition) is 4. The zero-order chi connectivity index (χ0) is 18.9. The highest BCUT2D eigenvalue weighted by molar-refractivity contribution is 5.76. The molecule has 1 saturated heterocycles. The molecular weight excluding hydrogens is 328 g/mol. The van der Waals surface area contributed by atoms with Gasteiger partial charge in [0.1, 0.15) is 5.75 Å². The molecule has 1 heterocycles. The third kappa shape index (κ3) is 6.96. The van der Waals surface area contributed by atoms with Crippen LogP contribution in [-0.2, 0) is 9.53 Å². The van der Waals surface area contributed by atoms with Crippen molar-refractivity contribution in [1.29, 1.82) is 0 Å². The van der Waals surface area contributed by atoms with Crippen molar-refractivity contribution in [3.05, 3.63) is 29.3 Å². The molecule has 1 unspecified atom stereocenters. The molecule has 26 heavy (non-hydrogen) atoms. The first-order valence-corrected chi connectivity index (χ1v) is 9.74. The number of rotatable bonds is 9. The van der Waals surface area contributed by atoms with E-state index in [1.165, 1.54) is 0 Å². The van der Waals surface area contributed by atoms with Crippen molar-refractivity contribution in [2.24, 2.45) is 5.92 Å². The lowest BCUT2D eigenvalue weighted by Gasteiger charge is -2.35. The summed E-state index contributed by atoms with van der Waals surface area (Å²) >= 11 is 0. The molecule has 146 valence electrons. The Balaban J connectivity index is 1.75. The molecule has 0 aromatic heterocycles. The highest BCUT2D eigenvalue weighted by atomic mass is 16.5. The second kappa shape index (κ2) is 10.5. The molecule has 0 radical (unpaired) electrons. The molecule has 0 bridgehead atoms. The van der Waals surface area contributed by atoms with E-state index in [1.807, 2.05) is 26.0 Å². The number of carbonyl (C=O) groups is 1. The zero-order valence-electron chi connectivity index (χ0n) is 16.7. The van der Waals surface area contributed by atoms with E-state index >= 15 is 0 Å². The van der Waals surface area contributed by atoms with Crippen molar-refractivity contribution >= 4 is 5.91 Å². The van der Waals surface area contributed by atoms with Gasteiger partial charge in [-0.2, -0.15) is 0 Å². The molecule has 2 rings (SSSR count). The summed E-state index contributed by atoms with van der Waals surface area (Å²) in [6.45, 7) is 13.1. The topological polar surface area (TPSA) is 50.8 Å². The summed E-state index contributed by atoms with van der Waals surface area (Å²) in [4.78, 5) is 14.7. The van der Waals surface area contributed by atoms with E-state index in [4.69, 9.17) is 9.47 Å². The summed E-state index contributed by atoms with van der Waals surface area (Å²) in [5, 5.41) is 3.10. The number of carbonyl (C=O) groups excluding carboxylic acids is 1. The molecule has 0 aliphatic carbocycles. The van der Waals surface area contributed by atoms with Gasteiger partial charge < -0.3 is 14.8 Å². The Kier molecular flexibility index (Phi) is 8.39. The lowest BCUT2D eigenvalue weighted by molar-refractivity contribution is -0.122. The van der Waals surface area contributed by atoms with Crippen LogP contribution in [0.5, 0.6) is 5.75 Å². The molecular formula is C21H34N2O3. The minimum absolute atomic E-state index is 0.0531. The van der Waals surface area contributed by atoms with Gasteiger partial charge in [0.25, 0.3) is 0 Å². The summed E-state index contributed by atoms with van der Waals surface area (Å²) in [5.41, 5.74) is 2.26. The maximum Gasteiger partial charge on any atom is 0.223 e. The van der Waals surface area contributed by atoms with Gasteiger partial charge in [-0.25, -0.2) is 0 Å². The fourth-order valence-electron chi connectivity index (χ4n) is 3.28. The van der Waals surface area contributed by atoms with E-state index < -0.39 is 0 Å². The van der Waals surface area contributed by atoms with Crippen molar-refractivity contribution in [3.63, 3.8) is 0 Å². The van der Waals surface area contributed by atoms with Gasteiger partial charge in [0, 0.05) is 25.7 Å². The SMILES string of the molecule is Cc1ccc(C)c(OCCC(=O)NCC(CC(C)C)N2CCOCC2)c1. The quantitative estimate of drug-likeness (QED) is 0.734. The second-order valence-corrected chi connectivity index (χ2v) is 7.60. The van der Waals surface area contributed by atoms with Gasteiger partial charge in [0.2, 0.25) is 5.91 Å². The summed E-state index contributed by atoms with van der Waals surface area (Å²) in [6.07, 6.45) is 1.46. The average Bonchev–Trinajstić information content (AvgIpc) is 2.62. The first-order valence-electron chi connectivity index (χ1n) is 9.74. The van der Waals surface area contributed by atoms with E-state index in [1.54, 1.807) is 0 Å². The number of aryl methyl sites for hydroxylation is 2. The monoisotopic (exact) mass is 362 g/mol. The number of nitrogens with zero attached hydrogens (tertiary/aromatic N) is 1. The van der Waals surface area contributed by atoms with Crippen molar-refractivity contribution in [2.75, 3.05) is 39.5 Å². The Bertz CT molecular complexity index is 568. The van der Waals surface area contributed by atoms with Crippen LogP contribution in [0.15, 0.2) is 18.2 Å². The van der Waals surface area contributed by atoms with Crippen LogP contribution in [0.2, 0.25) is 0 Å². The van der Waals surface area contributed by atoms with Gasteiger partial charge in [0.15, 0.2) is 0 Å². The standard InChI is InChI=1S/C21H34N2O3/c1-16(2)13-19(23-8-11-25-12-9-23)15-22-21(24)7-10-26-20-14-17(3)5-6-18(20)4/h5-6,14,16,19H,7-13,15H2,1-4H3,(H,22,24). The molecule has 1 aromatic rings. The predicted octanol–water partition coefficient (Wildman–Crippen LogP) is 2.94. The molecule has 1 aromatic carbocycles. The fourth-order valence-corrected chi connectivity index (χ4v) is 3.28. The molecule has 1 aliphatic heterocycles. The van der Waals surface area contributed by atoms with Crippen molar-refractivity contribution < 1.29 is 14.3 Å². The third-order valence-electron chi connectivity index (χ3n) is 4.77. The Hall–Kier alpha value is -1.59. The maximum atomic E-state index is 12.2. The van der Waals surface area contributed by atoms with E-state index in [2.05, 4.69) is 30.1 Å². The van der Waals surface area contributed by atoms with Crippen molar-refractivity contribution in [2.45, 2.75) is 46.6 Å². The Morgan fingerprint density at radius 3 is 2.69 bits per heavy atom. The molecule has 1 atom stereocenters. The summed E-state index contributed by atoms with van der Waals surface area (Å²) < 4.78 is 11.2. The highest BCUT2D eigenvalue weighted by Gasteiger charge is 2.22. The molecule has 1 N–H and O–H groups in total. The van der Waals surface area contributed by atoms with Crippen LogP contribution < -0.4 is 10.1 Å². The van der Waals surface area contributed by atoms with E-state index in [-0.39, 0.29) is 5.91 Å². The summed E-state index contributed by atoms with van der Waals surface area (Å²) in [7, 11) is 0. The Morgan fingerprint density at radius 2 is 2.00 bits per heavy atom. The van der Waals surface area contributed by atoms with Gasteiger partial charge >= 0.3 is 0 Å². The van der Waals surface area contributed by atoms with Crippen LogP contribution in [0.1, 0.15) is 37.8 Å². The van der Waals surface area contributed by atoms with Crippen molar-refractivity contribution in [1.82, 2.24) is 10.2 Å². The third-order valence-corrected chi connectivity index (χ3v) is 4.77. The molecule has 0 saturated carbocycles. The normalized spacial score (nSPS) is 16.5. The average molecular weight is 363 g/mol. The summed E-state index contributed by atoms with van der Waals surface area (Å²) in [5.74, 6) is 1.52. The Labute approximate surface area is 158 Å². The van der Waals surface area contributed by atoms with Crippen LogP contribution in [0.3, 0.4) is 0 Å². The predicted molar refractivity (Wildman–Crippen MR) is 105 cm³/mol. The first-order chi connectivity index (χ1) is 12.5. The number of nitrogens with one attached hydrogen (secondary N) is 1. The minimum Gasteiger partial charge on any atom is -0.493 e. The van der Waals surface area contributed by atoms with Crippen LogP contribution in [-0.4, -0.2) is 56.3 Å². The Morgan fingerprint density at radius 1 is 1.27 bits per heavy atom. The first kappa shape index (κ1) is 20.7. The lowest BCUT2D eigenvalue weighted by atomic mass is 10.0. The number of benzene rings is 1. The van der Waals surface area contributed by atoms with E-state index in [0.29, 0.717) is 31.5 Å². The van der Waals surface area contributed by atoms with E-state index in [0.717, 1.165) is 49.6 Å². The molecule has 1 amide bonds. The van der Waals surface area contributed by atoms with Gasteiger partial charge in [-0.1, -0.05) is 26.0 Å². The van der Waals surface area contributed by atoms with Crippen LogP contribution in [0.25, 0.3) is 0 Å². The molecule has 5 heteroatoms. The van der Waals surface area contributed by atoms with Gasteiger partial charge in [-0.15, -0.1) is 0 Å². The molecule has 1 fully saturated rings. The van der Waals surface area contributed by atoms with Crippen LogP contribution >= 0.6 is 0 Å². The van der Waals surface area contributed by atoms with E-state index in [9.17, 15) is 4.79 Å². The number of morpholine rings is 1. The van der Waals surface area contributed by atoms with Gasteiger partial charge in [-0.05, 0) is 43.4 Å². The molecule has 1 aliphatic rings. The van der Waals surface area contributed by atoms with Crippen molar-refractivity contribution in [3.8, 4) is 5.75 Å². The smallest absolute Gasteiger partial charge is 0.223 e. The highest BCUT2D eigenvalue weighted by Crippen LogP contribution is 2.19. The van der Waals surface area contributed by atoms with Gasteiger partial charge in [0.05, 0.1) is 26.2 Å². The molecule has 0 spiro atoms. The van der Waals surface area contributed by atoms with Crippen LogP contribution in [0, 0.1) is 19.8 Å². The number of amides is 1. The number of ether oxygens (including phenoxy) is 2.